The number of aliphatic hydroxyl groups is 1. The van der Waals surface area contributed by atoms with Gasteiger partial charge in [0.1, 0.15) is 0 Å². The Morgan fingerprint density at radius 2 is 1.95 bits per heavy atom. The molecule has 0 heterocycles. The number of carboxylic acids is 1. The standard InChI is InChI=1S/C13H14N2O6/c1-13(19,12(17)18)8-14-11(16)7-4-9-2-5-10(6-3-9)15(20)21/h2-7,19H,8H2,1H3,(H,14,16)(H,17,18). The highest BCUT2D eigenvalue weighted by Crippen LogP contribution is 2.12. The number of carbonyl (C=O) groups excluding carboxylic acids is 1. The van der Waals surface area contributed by atoms with Crippen LogP contribution in [0.1, 0.15) is 12.5 Å². The summed E-state index contributed by atoms with van der Waals surface area (Å²) in [6, 6.07) is 5.53. The zero-order valence-corrected chi connectivity index (χ0v) is 11.1. The van der Waals surface area contributed by atoms with Gasteiger partial charge in [0.15, 0.2) is 5.60 Å². The van der Waals surface area contributed by atoms with Crippen LogP contribution >= 0.6 is 0 Å². The van der Waals surface area contributed by atoms with Crippen molar-refractivity contribution in [2.45, 2.75) is 12.5 Å². The predicted octanol–water partition coefficient (Wildman–Crippen LogP) is 0.560. The summed E-state index contributed by atoms with van der Waals surface area (Å²) in [6.45, 7) is 0.626. The first-order chi connectivity index (χ1) is 9.72. The number of nitro groups is 1. The fraction of sp³-hybridized carbons (Fsp3) is 0.231. The van der Waals surface area contributed by atoms with E-state index in [4.69, 9.17) is 5.11 Å². The summed E-state index contributed by atoms with van der Waals surface area (Å²) in [5.41, 5.74) is -1.54. The highest BCUT2D eigenvalue weighted by Gasteiger charge is 2.29. The average Bonchev–Trinajstić information content (AvgIpc) is 2.43. The van der Waals surface area contributed by atoms with Gasteiger partial charge in [-0.1, -0.05) is 0 Å². The Hall–Kier alpha value is -2.74. The van der Waals surface area contributed by atoms with Gasteiger partial charge < -0.3 is 15.5 Å². The normalized spacial score (nSPS) is 13.6. The van der Waals surface area contributed by atoms with Crippen LogP contribution in [-0.2, 0) is 9.59 Å². The van der Waals surface area contributed by atoms with Gasteiger partial charge in [-0.05, 0) is 30.7 Å². The van der Waals surface area contributed by atoms with Gasteiger partial charge in [-0.2, -0.15) is 0 Å². The number of hydrogen-bond acceptors (Lipinski definition) is 5. The van der Waals surface area contributed by atoms with E-state index in [1.807, 2.05) is 0 Å². The lowest BCUT2D eigenvalue weighted by Gasteiger charge is -2.17. The second-order valence-corrected chi connectivity index (χ2v) is 4.48. The molecule has 1 amide bonds. The number of nitrogens with one attached hydrogen (secondary N) is 1. The third-order valence-corrected chi connectivity index (χ3v) is 2.60. The Labute approximate surface area is 119 Å². The Bertz CT molecular complexity index is 577. The van der Waals surface area contributed by atoms with E-state index >= 15 is 0 Å². The molecule has 1 aromatic rings. The molecular formula is C13H14N2O6. The van der Waals surface area contributed by atoms with Crippen LogP contribution in [0.3, 0.4) is 0 Å². The number of hydrogen-bond donors (Lipinski definition) is 3. The van der Waals surface area contributed by atoms with E-state index in [0.717, 1.165) is 13.0 Å². The van der Waals surface area contributed by atoms with E-state index in [0.29, 0.717) is 5.56 Å². The Balaban J connectivity index is 2.58. The molecule has 0 saturated heterocycles. The van der Waals surface area contributed by atoms with Crippen LogP contribution in [0.2, 0.25) is 0 Å². The van der Waals surface area contributed by atoms with Gasteiger partial charge in [0, 0.05) is 18.2 Å². The number of benzene rings is 1. The number of non-ortho nitro benzene ring substituents is 1. The lowest BCUT2D eigenvalue weighted by atomic mass is 10.1. The fourth-order valence-corrected chi connectivity index (χ4v) is 1.27. The topological polar surface area (TPSA) is 130 Å². The van der Waals surface area contributed by atoms with Crippen LogP contribution in [0.15, 0.2) is 30.3 Å². The second kappa shape index (κ2) is 6.62. The van der Waals surface area contributed by atoms with Gasteiger partial charge in [0.2, 0.25) is 5.91 Å². The van der Waals surface area contributed by atoms with Crippen LogP contribution in [0.5, 0.6) is 0 Å². The highest BCUT2D eigenvalue weighted by molar-refractivity contribution is 5.92. The van der Waals surface area contributed by atoms with Gasteiger partial charge in [-0.25, -0.2) is 4.79 Å². The average molecular weight is 294 g/mol. The molecule has 1 unspecified atom stereocenters. The summed E-state index contributed by atoms with van der Waals surface area (Å²) in [7, 11) is 0. The lowest BCUT2D eigenvalue weighted by Crippen LogP contribution is -2.46. The summed E-state index contributed by atoms with van der Waals surface area (Å²) in [4.78, 5) is 32.0. The summed E-state index contributed by atoms with van der Waals surface area (Å²) in [6.07, 6.45) is 2.55. The number of rotatable bonds is 6. The van der Waals surface area contributed by atoms with Crippen molar-refractivity contribution < 1.29 is 24.7 Å². The maximum Gasteiger partial charge on any atom is 0.337 e. The largest absolute Gasteiger partial charge is 0.479 e. The van der Waals surface area contributed by atoms with Gasteiger partial charge in [-0.3, -0.25) is 14.9 Å². The van der Waals surface area contributed by atoms with Gasteiger partial charge in [0.05, 0.1) is 11.5 Å². The lowest BCUT2D eigenvalue weighted by molar-refractivity contribution is -0.384. The molecule has 0 saturated carbocycles. The van der Waals surface area contributed by atoms with Crippen molar-refractivity contribution in [2.75, 3.05) is 6.54 Å². The minimum absolute atomic E-state index is 0.0610. The van der Waals surface area contributed by atoms with Gasteiger partial charge in [-0.15, -0.1) is 0 Å². The van der Waals surface area contributed by atoms with E-state index in [1.165, 1.54) is 30.3 Å². The third-order valence-electron chi connectivity index (χ3n) is 2.60. The minimum Gasteiger partial charge on any atom is -0.479 e. The molecule has 0 spiro atoms. The van der Waals surface area contributed by atoms with Crippen LogP contribution in [0, 0.1) is 10.1 Å². The van der Waals surface area contributed by atoms with Crippen LogP contribution < -0.4 is 5.32 Å². The second-order valence-electron chi connectivity index (χ2n) is 4.48. The first-order valence-corrected chi connectivity index (χ1v) is 5.88. The number of aliphatic carboxylic acids is 1. The smallest absolute Gasteiger partial charge is 0.337 e. The monoisotopic (exact) mass is 294 g/mol. The zero-order valence-electron chi connectivity index (χ0n) is 11.1. The summed E-state index contributed by atoms with van der Waals surface area (Å²) in [5, 5.41) is 30.8. The van der Waals surface area contributed by atoms with Crippen molar-refractivity contribution in [2.24, 2.45) is 0 Å². The number of carboxylic acid groups (broad SMARTS) is 1. The van der Waals surface area contributed by atoms with E-state index in [-0.39, 0.29) is 5.69 Å². The summed E-state index contributed by atoms with van der Waals surface area (Å²) in [5.74, 6) is -2.03. The molecule has 1 atom stereocenters. The van der Waals surface area contributed by atoms with E-state index < -0.39 is 28.9 Å². The molecule has 21 heavy (non-hydrogen) atoms. The molecule has 1 rings (SSSR count). The number of nitro benzene ring substituents is 1. The van der Waals surface area contributed by atoms with Crippen LogP contribution in [-0.4, -0.2) is 39.2 Å². The molecule has 3 N–H and O–H groups in total. The van der Waals surface area contributed by atoms with Crippen molar-refractivity contribution in [1.82, 2.24) is 5.32 Å². The molecule has 112 valence electrons. The van der Waals surface area contributed by atoms with Gasteiger partial charge >= 0.3 is 5.97 Å². The molecule has 0 bridgehead atoms. The molecule has 1 aromatic carbocycles. The fourth-order valence-electron chi connectivity index (χ4n) is 1.27. The number of amides is 1. The molecule has 0 aliphatic heterocycles. The minimum atomic E-state index is -2.04. The van der Waals surface area contributed by atoms with E-state index in [9.17, 15) is 24.8 Å². The highest BCUT2D eigenvalue weighted by atomic mass is 16.6. The molecule has 0 fully saturated rings. The maximum atomic E-state index is 11.5. The van der Waals surface area contributed by atoms with Crippen LogP contribution in [0.4, 0.5) is 5.69 Å². The van der Waals surface area contributed by atoms with E-state index in [2.05, 4.69) is 5.32 Å². The molecule has 0 aromatic heterocycles. The SMILES string of the molecule is CC(O)(CNC(=O)C=Cc1ccc([N+](=O)[O-])cc1)C(=O)O. The molecule has 0 radical (unpaired) electrons. The summed E-state index contributed by atoms with van der Waals surface area (Å²) >= 11 is 0. The summed E-state index contributed by atoms with van der Waals surface area (Å²) < 4.78 is 0. The zero-order chi connectivity index (χ0) is 16.0. The quantitative estimate of drug-likeness (QED) is 0.399. The van der Waals surface area contributed by atoms with Gasteiger partial charge in [0.25, 0.3) is 5.69 Å². The molecule has 0 aliphatic rings. The Kier molecular flexibility index (Phi) is 5.14. The maximum absolute atomic E-state index is 11.5. The first kappa shape index (κ1) is 16.3. The Morgan fingerprint density at radius 1 is 1.38 bits per heavy atom. The predicted molar refractivity (Wildman–Crippen MR) is 73.4 cm³/mol. The van der Waals surface area contributed by atoms with Crippen molar-refractivity contribution in [3.63, 3.8) is 0 Å². The van der Waals surface area contributed by atoms with Crippen LogP contribution in [0.25, 0.3) is 6.08 Å². The van der Waals surface area contributed by atoms with Crippen molar-refractivity contribution >= 4 is 23.6 Å². The molecular weight excluding hydrogens is 280 g/mol. The van der Waals surface area contributed by atoms with Crippen molar-refractivity contribution in [1.29, 1.82) is 0 Å². The van der Waals surface area contributed by atoms with Crippen molar-refractivity contribution in [3.05, 3.63) is 46.0 Å². The number of nitrogens with zero attached hydrogens (tertiary/aromatic N) is 1. The molecule has 0 aliphatic carbocycles. The Morgan fingerprint density at radius 3 is 2.43 bits per heavy atom. The molecule has 8 nitrogen and oxygen atoms in total. The third kappa shape index (κ3) is 5.03. The van der Waals surface area contributed by atoms with Crippen molar-refractivity contribution in [3.8, 4) is 0 Å². The number of carbonyl (C=O) groups is 2. The molecule has 8 heteroatoms. The first-order valence-electron chi connectivity index (χ1n) is 5.88. The van der Waals surface area contributed by atoms with E-state index in [1.54, 1.807) is 0 Å².